The molecule has 0 atom stereocenters. The minimum atomic E-state index is -4.37. The van der Waals surface area contributed by atoms with Crippen molar-refractivity contribution >= 4 is 27.4 Å². The second-order valence-corrected chi connectivity index (χ2v) is 5.60. The molecule has 0 saturated heterocycles. The molecule has 0 aliphatic carbocycles. The van der Waals surface area contributed by atoms with Crippen molar-refractivity contribution < 1.29 is 13.2 Å². The minimum Gasteiger partial charge on any atom is -0.340 e. The van der Waals surface area contributed by atoms with Gasteiger partial charge in [-0.1, -0.05) is 19.9 Å². The van der Waals surface area contributed by atoms with E-state index >= 15 is 0 Å². The highest BCUT2D eigenvalue weighted by atomic mass is 79.9. The normalized spacial score (nSPS) is 11.8. The largest absolute Gasteiger partial charge is 0.416 e. The van der Waals surface area contributed by atoms with Crippen LogP contribution in [0.3, 0.4) is 0 Å². The van der Waals surface area contributed by atoms with Crippen LogP contribution in [0.15, 0.2) is 34.9 Å². The molecule has 7 heteroatoms. The summed E-state index contributed by atoms with van der Waals surface area (Å²) >= 11 is 3.27. The maximum atomic E-state index is 12.7. The Morgan fingerprint density at radius 3 is 2.48 bits per heavy atom. The first kappa shape index (κ1) is 15.8. The third kappa shape index (κ3) is 4.17. The Morgan fingerprint density at radius 2 is 1.86 bits per heavy atom. The van der Waals surface area contributed by atoms with Crippen LogP contribution in [0.2, 0.25) is 0 Å². The molecule has 0 saturated carbocycles. The molecule has 3 nitrogen and oxygen atoms in total. The number of halogens is 4. The van der Waals surface area contributed by atoms with Crippen LogP contribution in [0.1, 0.15) is 31.2 Å². The van der Waals surface area contributed by atoms with Gasteiger partial charge < -0.3 is 5.32 Å². The van der Waals surface area contributed by atoms with Crippen LogP contribution >= 0.6 is 15.9 Å². The Morgan fingerprint density at radius 1 is 1.14 bits per heavy atom. The van der Waals surface area contributed by atoms with Crippen LogP contribution in [0.25, 0.3) is 0 Å². The molecule has 0 unspecified atom stereocenters. The van der Waals surface area contributed by atoms with E-state index in [2.05, 4.69) is 31.2 Å². The van der Waals surface area contributed by atoms with Crippen molar-refractivity contribution in [1.82, 2.24) is 9.97 Å². The summed E-state index contributed by atoms with van der Waals surface area (Å²) in [6.07, 6.45) is -4.37. The molecule has 1 aromatic heterocycles. The zero-order valence-electron chi connectivity index (χ0n) is 11.4. The van der Waals surface area contributed by atoms with Gasteiger partial charge in [0.15, 0.2) is 0 Å². The standard InChI is InChI=1S/C14H13BrF3N3/c1-8(2)13-20-11(15)7-12(21-13)19-10-5-3-4-9(6-10)14(16,17)18/h3-8H,1-2H3,(H,19,20,21). The molecular weight excluding hydrogens is 347 g/mol. The van der Waals surface area contributed by atoms with Crippen molar-refractivity contribution in [2.45, 2.75) is 25.9 Å². The van der Waals surface area contributed by atoms with Crippen molar-refractivity contribution in [3.8, 4) is 0 Å². The van der Waals surface area contributed by atoms with Crippen molar-refractivity contribution in [2.24, 2.45) is 0 Å². The van der Waals surface area contributed by atoms with Crippen molar-refractivity contribution in [3.63, 3.8) is 0 Å². The lowest BCUT2D eigenvalue weighted by molar-refractivity contribution is -0.137. The van der Waals surface area contributed by atoms with Gasteiger partial charge in [-0.15, -0.1) is 0 Å². The first-order valence-electron chi connectivity index (χ1n) is 6.24. The van der Waals surface area contributed by atoms with Crippen LogP contribution < -0.4 is 5.32 Å². The number of hydrogen-bond donors (Lipinski definition) is 1. The molecule has 0 fully saturated rings. The summed E-state index contributed by atoms with van der Waals surface area (Å²) in [5.74, 6) is 1.17. The molecule has 112 valence electrons. The fraction of sp³-hybridized carbons (Fsp3) is 0.286. The SMILES string of the molecule is CC(C)c1nc(Br)cc(Nc2cccc(C(F)(F)F)c2)n1. The maximum absolute atomic E-state index is 12.7. The number of rotatable bonds is 3. The fourth-order valence-electron chi connectivity index (χ4n) is 1.68. The van der Waals surface area contributed by atoms with Crippen LogP contribution in [-0.2, 0) is 6.18 Å². The molecule has 0 radical (unpaired) electrons. The third-order valence-corrected chi connectivity index (χ3v) is 3.10. The summed E-state index contributed by atoms with van der Waals surface area (Å²) in [7, 11) is 0. The van der Waals surface area contributed by atoms with Gasteiger partial charge in [-0.05, 0) is 34.1 Å². The quantitative estimate of drug-likeness (QED) is 0.772. The number of anilines is 2. The molecule has 0 aliphatic rings. The Labute approximate surface area is 128 Å². The van der Waals surface area contributed by atoms with Gasteiger partial charge in [-0.3, -0.25) is 0 Å². The van der Waals surface area contributed by atoms with Crippen molar-refractivity contribution in [2.75, 3.05) is 5.32 Å². The van der Waals surface area contributed by atoms with Crippen molar-refractivity contribution in [3.05, 3.63) is 46.3 Å². The van der Waals surface area contributed by atoms with E-state index in [1.807, 2.05) is 13.8 Å². The predicted molar refractivity (Wildman–Crippen MR) is 78.5 cm³/mol. The molecule has 21 heavy (non-hydrogen) atoms. The first-order chi connectivity index (χ1) is 9.75. The fourth-order valence-corrected chi connectivity index (χ4v) is 2.08. The summed E-state index contributed by atoms with van der Waals surface area (Å²) in [5, 5.41) is 2.87. The first-order valence-corrected chi connectivity index (χ1v) is 7.04. The van der Waals surface area contributed by atoms with Crippen LogP contribution in [-0.4, -0.2) is 9.97 Å². The molecule has 0 aliphatic heterocycles. The van der Waals surface area contributed by atoms with E-state index in [0.29, 0.717) is 21.9 Å². The second-order valence-electron chi connectivity index (χ2n) is 4.79. The van der Waals surface area contributed by atoms with E-state index in [1.54, 1.807) is 12.1 Å². The minimum absolute atomic E-state index is 0.115. The molecule has 2 aromatic rings. The Kier molecular flexibility index (Phi) is 4.51. The lowest BCUT2D eigenvalue weighted by atomic mass is 10.2. The molecule has 0 amide bonds. The van der Waals surface area contributed by atoms with E-state index in [4.69, 9.17) is 0 Å². The number of nitrogens with one attached hydrogen (secondary N) is 1. The summed E-state index contributed by atoms with van der Waals surface area (Å²) in [6, 6.07) is 6.60. The average molecular weight is 360 g/mol. The van der Waals surface area contributed by atoms with Gasteiger partial charge >= 0.3 is 6.18 Å². The zero-order chi connectivity index (χ0) is 15.6. The van der Waals surface area contributed by atoms with Gasteiger partial charge in [-0.25, -0.2) is 9.97 Å². The molecule has 1 N–H and O–H groups in total. The lowest BCUT2D eigenvalue weighted by Crippen LogP contribution is -2.06. The average Bonchev–Trinajstić information content (AvgIpc) is 2.37. The van der Waals surface area contributed by atoms with E-state index in [0.717, 1.165) is 12.1 Å². The maximum Gasteiger partial charge on any atom is 0.416 e. The van der Waals surface area contributed by atoms with Gasteiger partial charge in [0, 0.05) is 17.7 Å². The van der Waals surface area contributed by atoms with Crippen LogP contribution in [0.5, 0.6) is 0 Å². The topological polar surface area (TPSA) is 37.8 Å². The van der Waals surface area contributed by atoms with Gasteiger partial charge in [0.25, 0.3) is 0 Å². The third-order valence-electron chi connectivity index (χ3n) is 2.69. The van der Waals surface area contributed by atoms with Crippen LogP contribution in [0, 0.1) is 0 Å². The second kappa shape index (κ2) is 6.01. The Hall–Kier alpha value is -1.63. The molecule has 1 aromatic carbocycles. The number of aromatic nitrogens is 2. The summed E-state index contributed by atoms with van der Waals surface area (Å²) in [5.41, 5.74) is -0.380. The smallest absolute Gasteiger partial charge is 0.340 e. The Balaban J connectivity index is 2.30. The molecule has 1 heterocycles. The monoisotopic (exact) mass is 359 g/mol. The van der Waals surface area contributed by atoms with Gasteiger partial charge in [-0.2, -0.15) is 13.2 Å². The van der Waals surface area contributed by atoms with E-state index in [9.17, 15) is 13.2 Å². The van der Waals surface area contributed by atoms with E-state index < -0.39 is 11.7 Å². The van der Waals surface area contributed by atoms with Gasteiger partial charge in [0.1, 0.15) is 16.2 Å². The number of alkyl halides is 3. The number of hydrogen-bond acceptors (Lipinski definition) is 3. The van der Waals surface area contributed by atoms with E-state index in [1.165, 1.54) is 6.07 Å². The summed E-state index contributed by atoms with van der Waals surface area (Å²) in [4.78, 5) is 8.50. The zero-order valence-corrected chi connectivity index (χ0v) is 13.0. The predicted octanol–water partition coefficient (Wildman–Crippen LogP) is 5.12. The molecule has 2 rings (SSSR count). The summed E-state index contributed by atoms with van der Waals surface area (Å²) < 4.78 is 38.6. The van der Waals surface area contributed by atoms with E-state index in [-0.39, 0.29) is 5.92 Å². The molecule has 0 spiro atoms. The highest BCUT2D eigenvalue weighted by molar-refractivity contribution is 9.10. The van der Waals surface area contributed by atoms with Crippen LogP contribution in [0.4, 0.5) is 24.7 Å². The lowest BCUT2D eigenvalue weighted by Gasteiger charge is -2.12. The highest BCUT2D eigenvalue weighted by Crippen LogP contribution is 2.31. The van der Waals surface area contributed by atoms with Gasteiger partial charge in [0.05, 0.1) is 5.56 Å². The number of benzene rings is 1. The highest BCUT2D eigenvalue weighted by Gasteiger charge is 2.30. The number of nitrogens with zero attached hydrogens (tertiary/aromatic N) is 2. The van der Waals surface area contributed by atoms with Crippen molar-refractivity contribution in [1.29, 1.82) is 0 Å². The molecule has 0 bridgehead atoms. The van der Waals surface area contributed by atoms with Gasteiger partial charge in [0.2, 0.25) is 0 Å². The summed E-state index contributed by atoms with van der Waals surface area (Å²) in [6.45, 7) is 3.88. The molecular formula is C14H13BrF3N3. The Bertz CT molecular complexity index is 642.